The van der Waals surface area contributed by atoms with Crippen molar-refractivity contribution in [2.24, 2.45) is 5.73 Å². The van der Waals surface area contributed by atoms with E-state index in [2.05, 4.69) is 53.0 Å². The first-order valence-corrected chi connectivity index (χ1v) is 8.91. The van der Waals surface area contributed by atoms with Gasteiger partial charge in [0.15, 0.2) is 0 Å². The molecule has 0 aromatic rings. The molecule has 3 nitrogen and oxygen atoms in total. The predicted octanol–water partition coefficient (Wildman–Crippen LogP) is 2.56. The Kier molecular flexibility index (Phi) is 5.27. The zero-order chi connectivity index (χ0) is 14.9. The molecule has 1 saturated heterocycles. The van der Waals surface area contributed by atoms with Crippen LogP contribution in [-0.4, -0.2) is 37.2 Å². The summed E-state index contributed by atoms with van der Waals surface area (Å²) in [6.07, 6.45) is 4.83. The normalized spacial score (nSPS) is 25.9. The van der Waals surface area contributed by atoms with E-state index >= 15 is 0 Å². The fourth-order valence-corrected chi connectivity index (χ4v) is 4.91. The summed E-state index contributed by atoms with van der Waals surface area (Å²) in [5.41, 5.74) is 6.50. The molecule has 1 aliphatic heterocycles. The van der Waals surface area contributed by atoms with Crippen LogP contribution in [0.2, 0.25) is 0 Å². The first kappa shape index (κ1) is 17.1. The van der Waals surface area contributed by atoms with Gasteiger partial charge < -0.3 is 10.2 Å². The molecule has 0 aromatic heterocycles. The molecule has 0 radical (unpaired) electrons. The summed E-state index contributed by atoms with van der Waals surface area (Å²) < 4.78 is 8.98. The van der Waals surface area contributed by atoms with Gasteiger partial charge in [-0.2, -0.15) is 0 Å². The van der Waals surface area contributed by atoms with Crippen LogP contribution in [0.4, 0.5) is 0 Å². The van der Waals surface area contributed by atoms with Crippen LogP contribution in [0.25, 0.3) is 0 Å². The first-order chi connectivity index (χ1) is 8.53. The van der Waals surface area contributed by atoms with Crippen molar-refractivity contribution < 1.29 is 4.43 Å². The Bertz CT molecular complexity index is 287. The van der Waals surface area contributed by atoms with Gasteiger partial charge in [-0.15, -0.1) is 0 Å². The standard InChI is InChI=1S/C15H34N2OSi/c1-8-12(16)15(6,7)18-19-17-13(2,3)10-9-11-14(17,4)5/h12H,8-11,16,19H2,1-7H3. The zero-order valence-electron chi connectivity index (χ0n) is 14.0. The van der Waals surface area contributed by atoms with Crippen LogP contribution in [0, 0.1) is 0 Å². The molecule has 1 aliphatic rings. The zero-order valence-corrected chi connectivity index (χ0v) is 15.5. The van der Waals surface area contributed by atoms with Crippen molar-refractivity contribution in [3.05, 3.63) is 0 Å². The Balaban J connectivity index is 2.73. The second-order valence-electron chi connectivity index (χ2n) is 7.80. The molecule has 19 heavy (non-hydrogen) atoms. The van der Waals surface area contributed by atoms with Crippen molar-refractivity contribution in [3.8, 4) is 0 Å². The lowest BCUT2D eigenvalue weighted by Gasteiger charge is -2.53. The first-order valence-electron chi connectivity index (χ1n) is 7.70. The summed E-state index contributed by atoms with van der Waals surface area (Å²) in [5.74, 6) is 0. The minimum absolute atomic E-state index is 0.121. The fourth-order valence-electron chi connectivity index (χ4n) is 3.22. The van der Waals surface area contributed by atoms with E-state index in [0.717, 1.165) is 6.42 Å². The Morgan fingerprint density at radius 2 is 1.68 bits per heavy atom. The maximum Gasteiger partial charge on any atom is 0.240 e. The molecule has 0 aliphatic carbocycles. The quantitative estimate of drug-likeness (QED) is 0.790. The number of nitrogens with zero attached hydrogens (tertiary/aromatic N) is 1. The largest absolute Gasteiger partial charge is 0.402 e. The van der Waals surface area contributed by atoms with Gasteiger partial charge >= 0.3 is 0 Å². The number of hydrogen-bond donors (Lipinski definition) is 1. The molecule has 0 bridgehead atoms. The van der Waals surface area contributed by atoms with Crippen LogP contribution in [0.15, 0.2) is 0 Å². The van der Waals surface area contributed by atoms with E-state index in [1.165, 1.54) is 19.3 Å². The van der Waals surface area contributed by atoms with E-state index in [-0.39, 0.29) is 22.7 Å². The molecule has 4 heteroatoms. The van der Waals surface area contributed by atoms with Crippen molar-refractivity contribution in [1.29, 1.82) is 0 Å². The number of piperidine rings is 1. The maximum atomic E-state index is 6.33. The van der Waals surface area contributed by atoms with Crippen LogP contribution in [-0.2, 0) is 4.43 Å². The molecule has 1 rings (SSSR count). The van der Waals surface area contributed by atoms with Crippen molar-refractivity contribution in [2.75, 3.05) is 0 Å². The molecular formula is C15H34N2OSi. The Hall–Kier alpha value is 0.0969. The second kappa shape index (κ2) is 5.84. The highest BCUT2D eigenvalue weighted by Crippen LogP contribution is 2.37. The van der Waals surface area contributed by atoms with E-state index in [1.54, 1.807) is 0 Å². The van der Waals surface area contributed by atoms with E-state index in [9.17, 15) is 0 Å². The van der Waals surface area contributed by atoms with Crippen LogP contribution in [0.1, 0.15) is 74.1 Å². The van der Waals surface area contributed by atoms with Crippen LogP contribution in [0.3, 0.4) is 0 Å². The van der Waals surface area contributed by atoms with Gasteiger partial charge in [-0.3, -0.25) is 4.57 Å². The third-order valence-electron chi connectivity index (χ3n) is 4.94. The molecule has 2 N–H and O–H groups in total. The summed E-state index contributed by atoms with van der Waals surface area (Å²) in [5, 5.41) is 0. The summed E-state index contributed by atoms with van der Waals surface area (Å²) in [6.45, 7) is 15.8. The smallest absolute Gasteiger partial charge is 0.240 e. The highest BCUT2D eigenvalue weighted by molar-refractivity contribution is 6.24. The number of hydrogen-bond acceptors (Lipinski definition) is 3. The van der Waals surface area contributed by atoms with Crippen molar-refractivity contribution in [3.63, 3.8) is 0 Å². The van der Waals surface area contributed by atoms with E-state index in [0.29, 0.717) is 0 Å². The summed E-state index contributed by atoms with van der Waals surface area (Å²) in [6, 6.07) is 0.121. The van der Waals surface area contributed by atoms with Crippen molar-refractivity contribution in [2.45, 2.75) is 96.9 Å². The predicted molar refractivity (Wildman–Crippen MR) is 85.8 cm³/mol. The van der Waals surface area contributed by atoms with Gasteiger partial charge in [0.1, 0.15) is 0 Å². The lowest BCUT2D eigenvalue weighted by atomic mass is 9.83. The van der Waals surface area contributed by atoms with Crippen LogP contribution < -0.4 is 5.73 Å². The number of nitrogens with two attached hydrogens (primary N) is 1. The summed E-state index contributed by atoms with van der Waals surface area (Å²) >= 11 is 0. The van der Waals surface area contributed by atoms with E-state index in [4.69, 9.17) is 10.2 Å². The Morgan fingerprint density at radius 1 is 1.21 bits per heavy atom. The minimum Gasteiger partial charge on any atom is -0.402 e. The van der Waals surface area contributed by atoms with Gasteiger partial charge in [0.2, 0.25) is 9.92 Å². The van der Waals surface area contributed by atoms with Gasteiger partial charge in [0, 0.05) is 17.1 Å². The van der Waals surface area contributed by atoms with E-state index in [1.807, 2.05) is 0 Å². The second-order valence-corrected chi connectivity index (χ2v) is 8.98. The van der Waals surface area contributed by atoms with Gasteiger partial charge in [0.25, 0.3) is 0 Å². The van der Waals surface area contributed by atoms with Crippen molar-refractivity contribution >= 4 is 9.92 Å². The van der Waals surface area contributed by atoms with Gasteiger partial charge in [-0.05, 0) is 67.2 Å². The minimum atomic E-state index is -0.746. The van der Waals surface area contributed by atoms with Crippen LogP contribution in [0.5, 0.6) is 0 Å². The Labute approximate surface area is 122 Å². The third kappa shape index (κ3) is 4.03. The SMILES string of the molecule is CCC(N)C(C)(C)O[SiH2]N1C(C)(C)CCCC1(C)C. The average molecular weight is 287 g/mol. The van der Waals surface area contributed by atoms with Gasteiger partial charge in [0.05, 0.1) is 5.60 Å². The lowest BCUT2D eigenvalue weighted by molar-refractivity contribution is 0.00538. The Morgan fingerprint density at radius 3 is 2.11 bits per heavy atom. The molecule has 1 heterocycles. The van der Waals surface area contributed by atoms with Gasteiger partial charge in [-0.1, -0.05) is 6.92 Å². The molecule has 0 aromatic carbocycles. The van der Waals surface area contributed by atoms with Crippen LogP contribution >= 0.6 is 0 Å². The van der Waals surface area contributed by atoms with E-state index < -0.39 is 9.92 Å². The number of rotatable bonds is 5. The molecule has 0 spiro atoms. The summed E-state index contributed by atoms with van der Waals surface area (Å²) in [4.78, 5) is 0. The molecular weight excluding hydrogens is 252 g/mol. The molecule has 0 amide bonds. The molecule has 1 unspecified atom stereocenters. The molecule has 1 fully saturated rings. The highest BCUT2D eigenvalue weighted by Gasteiger charge is 2.42. The van der Waals surface area contributed by atoms with Gasteiger partial charge in [-0.25, -0.2) is 0 Å². The summed E-state index contributed by atoms with van der Waals surface area (Å²) in [7, 11) is -0.746. The molecule has 1 atom stereocenters. The maximum absolute atomic E-state index is 6.33. The fraction of sp³-hybridized carbons (Fsp3) is 1.00. The van der Waals surface area contributed by atoms with Crippen molar-refractivity contribution in [1.82, 2.24) is 4.57 Å². The molecule has 114 valence electrons. The third-order valence-corrected chi connectivity index (χ3v) is 7.78. The molecule has 0 saturated carbocycles. The monoisotopic (exact) mass is 286 g/mol. The average Bonchev–Trinajstić information content (AvgIpc) is 2.25. The topological polar surface area (TPSA) is 38.5 Å². The highest BCUT2D eigenvalue weighted by atomic mass is 28.2. The lowest BCUT2D eigenvalue weighted by Crippen LogP contribution is -2.62.